The first-order valence-electron chi connectivity index (χ1n) is 14.2. The number of carbonyl (C=O) groups excluding carboxylic acids is 4. The predicted octanol–water partition coefficient (Wildman–Crippen LogP) is 6.52. The van der Waals surface area contributed by atoms with Gasteiger partial charge in [0.2, 0.25) is 11.8 Å². The van der Waals surface area contributed by atoms with Crippen molar-refractivity contribution in [3.63, 3.8) is 0 Å². The Labute approximate surface area is 253 Å². The van der Waals surface area contributed by atoms with Crippen LogP contribution in [-0.4, -0.2) is 35.2 Å². The quantitative estimate of drug-likeness (QED) is 0.110. The van der Waals surface area contributed by atoms with E-state index in [0.29, 0.717) is 44.0 Å². The molecule has 2 heterocycles. The molecule has 7 nitrogen and oxygen atoms in total. The fraction of sp³-hybridized carbons (Fsp3) is 0.229. The molecular formula is C35H27ClN2O5. The first-order chi connectivity index (χ1) is 20.7. The van der Waals surface area contributed by atoms with E-state index in [1.165, 1.54) is 4.90 Å². The number of anilines is 1. The minimum Gasteiger partial charge on any atom is -0.454 e. The summed E-state index contributed by atoms with van der Waals surface area (Å²) >= 11 is 6.41. The molecule has 0 radical (unpaired) electrons. The molecule has 1 saturated carbocycles. The zero-order valence-electron chi connectivity index (χ0n) is 23.5. The first kappa shape index (κ1) is 27.2. The van der Waals surface area contributed by atoms with Crippen LogP contribution in [0.4, 0.5) is 5.69 Å². The van der Waals surface area contributed by atoms with E-state index in [1.807, 2.05) is 26.0 Å². The van der Waals surface area contributed by atoms with Crippen LogP contribution < -0.4 is 4.90 Å². The number of hydrogen-bond donors (Lipinski definition) is 0. The highest BCUT2D eigenvalue weighted by Crippen LogP contribution is 2.53. The van der Waals surface area contributed by atoms with Crippen LogP contribution >= 0.6 is 11.6 Å². The number of rotatable bonds is 6. The van der Waals surface area contributed by atoms with Gasteiger partial charge in [-0.2, -0.15) is 0 Å². The van der Waals surface area contributed by atoms with Gasteiger partial charge in [-0.1, -0.05) is 71.8 Å². The molecular weight excluding hydrogens is 564 g/mol. The van der Waals surface area contributed by atoms with Gasteiger partial charge in [0.05, 0.1) is 34.3 Å². The fourth-order valence-electron chi connectivity index (χ4n) is 6.69. The van der Waals surface area contributed by atoms with Gasteiger partial charge in [0.1, 0.15) is 0 Å². The Balaban J connectivity index is 1.19. The summed E-state index contributed by atoms with van der Waals surface area (Å²) < 4.78 is 5.48. The Morgan fingerprint density at radius 2 is 1.56 bits per heavy atom. The molecule has 0 spiro atoms. The molecule has 2 fully saturated rings. The van der Waals surface area contributed by atoms with E-state index in [4.69, 9.17) is 21.3 Å². The van der Waals surface area contributed by atoms with Crippen molar-refractivity contribution in [1.82, 2.24) is 4.98 Å². The minimum absolute atomic E-state index is 0.137. The summed E-state index contributed by atoms with van der Waals surface area (Å²) in [5.74, 6) is -1.52. The predicted molar refractivity (Wildman–Crippen MR) is 163 cm³/mol. The number of halogens is 1. The van der Waals surface area contributed by atoms with Crippen molar-refractivity contribution in [3.8, 4) is 11.3 Å². The van der Waals surface area contributed by atoms with E-state index in [2.05, 4.69) is 12.2 Å². The lowest BCUT2D eigenvalue weighted by molar-refractivity contribution is -0.123. The SMILES string of the molecule is Cc1ccc(C(=O)COC(=O)c2cc(-c3ccc(N4C(=O)C5C6C=CC(C6)C5C4=O)cc3)nc3c(C)c(Cl)ccc23)cc1. The maximum absolute atomic E-state index is 13.4. The average Bonchev–Trinajstić information content (AvgIpc) is 3.71. The van der Waals surface area contributed by atoms with Gasteiger partial charge >= 0.3 is 5.97 Å². The van der Waals surface area contributed by atoms with Crippen molar-refractivity contribution < 1.29 is 23.9 Å². The number of fused-ring (bicyclic) bond motifs is 6. The molecule has 43 heavy (non-hydrogen) atoms. The van der Waals surface area contributed by atoms with E-state index < -0.39 is 12.6 Å². The van der Waals surface area contributed by atoms with Gasteiger partial charge < -0.3 is 4.74 Å². The molecule has 3 aromatic carbocycles. The Morgan fingerprint density at radius 1 is 0.907 bits per heavy atom. The number of ether oxygens (including phenoxy) is 1. The van der Waals surface area contributed by atoms with Crippen LogP contribution in [0, 0.1) is 37.5 Å². The van der Waals surface area contributed by atoms with Crippen LogP contribution in [0.1, 0.15) is 38.3 Å². The monoisotopic (exact) mass is 590 g/mol. The van der Waals surface area contributed by atoms with Crippen LogP contribution in [0.15, 0.2) is 78.9 Å². The maximum Gasteiger partial charge on any atom is 0.339 e. The van der Waals surface area contributed by atoms with Gasteiger partial charge in [-0.25, -0.2) is 9.78 Å². The Kier molecular flexibility index (Phi) is 6.51. The van der Waals surface area contributed by atoms with Crippen molar-refractivity contribution in [2.45, 2.75) is 20.3 Å². The molecule has 8 heteroatoms. The number of carbonyl (C=O) groups is 4. The van der Waals surface area contributed by atoms with Crippen LogP contribution in [0.3, 0.4) is 0 Å². The van der Waals surface area contributed by atoms with Crippen molar-refractivity contribution in [1.29, 1.82) is 0 Å². The number of allylic oxidation sites excluding steroid dienone is 2. The third kappa shape index (κ3) is 4.46. The van der Waals surface area contributed by atoms with Gasteiger partial charge in [-0.3, -0.25) is 19.3 Å². The van der Waals surface area contributed by atoms with Crippen LogP contribution in [-0.2, 0) is 14.3 Å². The fourth-order valence-corrected chi connectivity index (χ4v) is 6.84. The number of amides is 2. The molecule has 214 valence electrons. The topological polar surface area (TPSA) is 93.6 Å². The Morgan fingerprint density at radius 3 is 2.21 bits per heavy atom. The second-order valence-electron chi connectivity index (χ2n) is 11.5. The molecule has 1 aromatic heterocycles. The van der Waals surface area contributed by atoms with Crippen LogP contribution in [0.5, 0.6) is 0 Å². The number of esters is 1. The molecule has 4 aromatic rings. The summed E-state index contributed by atoms with van der Waals surface area (Å²) in [7, 11) is 0. The highest BCUT2D eigenvalue weighted by atomic mass is 35.5. The summed E-state index contributed by atoms with van der Waals surface area (Å²) in [6, 6.07) is 19.1. The van der Waals surface area contributed by atoms with Crippen molar-refractivity contribution >= 4 is 51.8 Å². The van der Waals surface area contributed by atoms with Gasteiger partial charge in [0.25, 0.3) is 0 Å². The summed E-state index contributed by atoms with van der Waals surface area (Å²) in [6.07, 6.45) is 5.02. The van der Waals surface area contributed by atoms with Gasteiger partial charge in [0, 0.05) is 21.5 Å². The molecule has 4 atom stereocenters. The summed E-state index contributed by atoms with van der Waals surface area (Å²) in [5.41, 5.74) is 4.65. The van der Waals surface area contributed by atoms with E-state index in [-0.39, 0.29) is 46.8 Å². The van der Waals surface area contributed by atoms with Gasteiger partial charge in [-0.15, -0.1) is 0 Å². The Hall–Kier alpha value is -4.62. The average molecular weight is 591 g/mol. The number of ketones is 1. The van der Waals surface area contributed by atoms with E-state index in [1.54, 1.807) is 54.6 Å². The summed E-state index contributed by atoms with van der Waals surface area (Å²) in [4.78, 5) is 58.7. The number of imide groups is 1. The second kappa shape index (κ2) is 10.3. The number of benzene rings is 3. The molecule has 2 amide bonds. The smallest absolute Gasteiger partial charge is 0.339 e. The van der Waals surface area contributed by atoms with E-state index in [9.17, 15) is 19.2 Å². The van der Waals surface area contributed by atoms with Crippen molar-refractivity contribution in [2.75, 3.05) is 11.5 Å². The zero-order valence-corrected chi connectivity index (χ0v) is 24.3. The Bertz CT molecular complexity index is 1850. The molecule has 1 saturated heterocycles. The molecule has 7 rings (SSSR count). The molecule has 1 aliphatic heterocycles. The lowest BCUT2D eigenvalue weighted by Crippen LogP contribution is -2.32. The van der Waals surface area contributed by atoms with Gasteiger partial charge in [0.15, 0.2) is 12.4 Å². The molecule has 2 aliphatic carbocycles. The number of Topliss-reactive ketones (excluding diaryl/α,β-unsaturated/α-hetero) is 1. The van der Waals surface area contributed by atoms with Gasteiger partial charge in [-0.05, 0) is 61.9 Å². The molecule has 3 aliphatic rings. The second-order valence-corrected chi connectivity index (χ2v) is 12.0. The third-order valence-corrected chi connectivity index (χ3v) is 9.40. The molecule has 2 bridgehead atoms. The van der Waals surface area contributed by atoms with E-state index in [0.717, 1.165) is 12.0 Å². The van der Waals surface area contributed by atoms with E-state index >= 15 is 0 Å². The normalized spacial score (nSPS) is 22.0. The molecule has 4 unspecified atom stereocenters. The van der Waals surface area contributed by atoms with Crippen molar-refractivity contribution in [3.05, 3.63) is 106 Å². The number of aromatic nitrogens is 1. The minimum atomic E-state index is -0.657. The van der Waals surface area contributed by atoms with Crippen LogP contribution in [0.2, 0.25) is 5.02 Å². The number of aryl methyl sites for hydroxylation is 2. The zero-order chi connectivity index (χ0) is 30.0. The lowest BCUT2D eigenvalue weighted by Gasteiger charge is -2.18. The number of pyridine rings is 1. The standard InChI is InChI=1S/C35H27ClN2O5/c1-18-3-5-21(6-4-18)29(39)17-43-35(42)26-16-28(37-32-19(2)27(36)14-13-25(26)32)20-9-11-24(12-10-20)38-33(40)30-22-7-8-23(15-22)31(30)34(38)41/h3-14,16,22-23,30-31H,15,17H2,1-2H3. The van der Waals surface area contributed by atoms with Crippen molar-refractivity contribution in [2.24, 2.45) is 23.7 Å². The maximum atomic E-state index is 13.4. The third-order valence-electron chi connectivity index (χ3n) is 8.99. The molecule has 0 N–H and O–H groups in total. The number of nitrogens with zero attached hydrogens (tertiary/aromatic N) is 2. The highest BCUT2D eigenvalue weighted by molar-refractivity contribution is 6.32. The largest absolute Gasteiger partial charge is 0.454 e. The summed E-state index contributed by atoms with van der Waals surface area (Å²) in [6.45, 7) is 3.35. The highest BCUT2D eigenvalue weighted by Gasteiger charge is 2.59. The number of hydrogen-bond acceptors (Lipinski definition) is 6. The summed E-state index contributed by atoms with van der Waals surface area (Å²) in [5, 5.41) is 1.06. The van der Waals surface area contributed by atoms with Crippen LogP contribution in [0.25, 0.3) is 22.2 Å². The lowest BCUT2D eigenvalue weighted by atomic mass is 9.85. The first-order valence-corrected chi connectivity index (χ1v) is 14.6.